The van der Waals surface area contributed by atoms with Gasteiger partial charge in [-0.3, -0.25) is 9.20 Å². The van der Waals surface area contributed by atoms with Gasteiger partial charge >= 0.3 is 5.97 Å². The summed E-state index contributed by atoms with van der Waals surface area (Å²) in [6.45, 7) is 10.1. The van der Waals surface area contributed by atoms with Gasteiger partial charge in [0.05, 0.1) is 29.3 Å². The number of para-hydroxylation sites is 1. The van der Waals surface area contributed by atoms with Gasteiger partial charge in [-0.15, -0.1) is 10.2 Å². The van der Waals surface area contributed by atoms with E-state index in [1.54, 1.807) is 6.92 Å². The van der Waals surface area contributed by atoms with Crippen molar-refractivity contribution in [1.29, 1.82) is 0 Å². The van der Waals surface area contributed by atoms with Crippen LogP contribution >= 0.6 is 11.8 Å². The highest BCUT2D eigenvalue weighted by molar-refractivity contribution is 8.00. The maximum Gasteiger partial charge on any atom is 0.343 e. The van der Waals surface area contributed by atoms with Gasteiger partial charge in [-0.05, 0) is 69.5 Å². The number of hydrogen-bond donors (Lipinski definition) is 1. The van der Waals surface area contributed by atoms with E-state index in [0.717, 1.165) is 27.7 Å². The van der Waals surface area contributed by atoms with Gasteiger partial charge in [-0.1, -0.05) is 48.5 Å². The van der Waals surface area contributed by atoms with E-state index in [1.165, 1.54) is 28.2 Å². The van der Waals surface area contributed by atoms with E-state index in [9.17, 15) is 9.59 Å². The van der Waals surface area contributed by atoms with Crippen LogP contribution in [0.4, 0.5) is 5.82 Å². The van der Waals surface area contributed by atoms with E-state index in [-0.39, 0.29) is 23.9 Å². The second-order valence-electron chi connectivity index (χ2n) is 9.36. The molecular formula is C29H30N6O3S. The van der Waals surface area contributed by atoms with E-state index in [1.807, 2.05) is 47.7 Å². The molecule has 9 nitrogen and oxygen atoms in total. The Labute approximate surface area is 230 Å². The fourth-order valence-electron chi connectivity index (χ4n) is 4.73. The highest BCUT2D eigenvalue weighted by Gasteiger charge is 2.27. The number of hydrogen-bond acceptors (Lipinski definition) is 7. The molecule has 0 radical (unpaired) electrons. The first-order chi connectivity index (χ1) is 18.8. The Morgan fingerprint density at radius 2 is 1.79 bits per heavy atom. The maximum atomic E-state index is 13.7. The van der Waals surface area contributed by atoms with E-state index in [4.69, 9.17) is 4.74 Å². The molecule has 2 aromatic carbocycles. The topological polar surface area (TPSA) is 103 Å². The van der Waals surface area contributed by atoms with Crippen LogP contribution in [0, 0.1) is 20.8 Å². The molecule has 0 bridgehead atoms. The minimum absolute atomic E-state index is 0.189. The molecule has 1 atom stereocenters. The van der Waals surface area contributed by atoms with Crippen molar-refractivity contribution in [3.05, 3.63) is 77.0 Å². The van der Waals surface area contributed by atoms with Crippen LogP contribution in [0.25, 0.3) is 22.2 Å². The number of rotatable bonds is 8. The molecule has 0 spiro atoms. The largest absolute Gasteiger partial charge is 0.462 e. The number of anilines is 1. The Morgan fingerprint density at radius 3 is 2.51 bits per heavy atom. The minimum atomic E-state index is -0.549. The number of ether oxygens (including phenoxy) is 1. The molecule has 0 aliphatic carbocycles. The molecule has 3 aromatic heterocycles. The van der Waals surface area contributed by atoms with Crippen molar-refractivity contribution in [2.24, 2.45) is 0 Å². The molecule has 0 aliphatic heterocycles. The fourth-order valence-corrected chi connectivity index (χ4v) is 5.69. The number of carbonyl (C=O) groups is 2. The summed E-state index contributed by atoms with van der Waals surface area (Å²) in [5.41, 5.74) is 6.08. The van der Waals surface area contributed by atoms with E-state index < -0.39 is 11.2 Å². The second-order valence-corrected chi connectivity index (χ2v) is 10.5. The van der Waals surface area contributed by atoms with Gasteiger partial charge in [-0.2, -0.15) is 5.10 Å². The Bertz CT molecular complexity index is 1690. The van der Waals surface area contributed by atoms with Crippen molar-refractivity contribution in [1.82, 2.24) is 24.4 Å². The van der Waals surface area contributed by atoms with Crippen LogP contribution in [-0.4, -0.2) is 48.1 Å². The lowest BCUT2D eigenvalue weighted by Gasteiger charge is -2.17. The zero-order valence-electron chi connectivity index (χ0n) is 22.6. The molecule has 0 aliphatic rings. The second kappa shape index (κ2) is 10.9. The zero-order valence-corrected chi connectivity index (χ0v) is 23.4. The number of amides is 1. The molecule has 3 heterocycles. The van der Waals surface area contributed by atoms with Crippen molar-refractivity contribution in [3.63, 3.8) is 0 Å². The Morgan fingerprint density at radius 1 is 1.03 bits per heavy atom. The van der Waals surface area contributed by atoms with E-state index in [2.05, 4.69) is 53.5 Å². The molecule has 5 rings (SSSR count). The smallest absolute Gasteiger partial charge is 0.343 e. The summed E-state index contributed by atoms with van der Waals surface area (Å²) >= 11 is 1.35. The molecule has 10 heteroatoms. The van der Waals surface area contributed by atoms with Gasteiger partial charge in [-0.25, -0.2) is 9.48 Å². The molecule has 0 saturated heterocycles. The average Bonchev–Trinajstić information content (AvgIpc) is 3.51. The van der Waals surface area contributed by atoms with Gasteiger partial charge in [0.1, 0.15) is 5.56 Å². The molecular weight excluding hydrogens is 512 g/mol. The zero-order chi connectivity index (χ0) is 27.7. The van der Waals surface area contributed by atoms with Gasteiger partial charge in [0.2, 0.25) is 5.91 Å². The SMILES string of the molecule is CCOC(=O)c1cnn(-c2ccccc2)c1NC(=O)C(CC)Sc1nnc2cc(C)c3cc(C)cc(C)c3n12. The minimum Gasteiger partial charge on any atom is -0.462 e. The lowest BCUT2D eigenvalue weighted by atomic mass is 10.0. The molecule has 1 amide bonds. The lowest BCUT2D eigenvalue weighted by Crippen LogP contribution is -2.27. The van der Waals surface area contributed by atoms with Gasteiger partial charge in [0.15, 0.2) is 16.6 Å². The van der Waals surface area contributed by atoms with Gasteiger partial charge in [0.25, 0.3) is 0 Å². The lowest BCUT2D eigenvalue weighted by molar-refractivity contribution is -0.115. The molecule has 39 heavy (non-hydrogen) atoms. The monoisotopic (exact) mass is 542 g/mol. The molecule has 200 valence electrons. The molecule has 1 unspecified atom stereocenters. The number of aromatic nitrogens is 5. The van der Waals surface area contributed by atoms with Crippen LogP contribution in [0.3, 0.4) is 0 Å². The van der Waals surface area contributed by atoms with Crippen molar-refractivity contribution in [2.45, 2.75) is 51.4 Å². The molecule has 0 saturated carbocycles. The number of fused-ring (bicyclic) bond motifs is 3. The summed E-state index contributed by atoms with van der Waals surface area (Å²) in [5.74, 6) is -0.555. The van der Waals surface area contributed by atoms with Gasteiger partial charge < -0.3 is 10.1 Å². The van der Waals surface area contributed by atoms with Crippen molar-refractivity contribution in [3.8, 4) is 5.69 Å². The molecule has 0 fully saturated rings. The summed E-state index contributed by atoms with van der Waals surface area (Å²) in [5, 5.41) is 17.5. The van der Waals surface area contributed by atoms with Crippen LogP contribution in [-0.2, 0) is 9.53 Å². The summed E-state index contributed by atoms with van der Waals surface area (Å²) < 4.78 is 8.78. The number of carbonyl (C=O) groups excluding carboxylic acids is 2. The predicted octanol–water partition coefficient (Wildman–Crippen LogP) is 5.68. The number of pyridine rings is 1. The number of aryl methyl sites for hydroxylation is 3. The number of benzene rings is 2. The number of nitrogens with one attached hydrogen (secondary N) is 1. The van der Waals surface area contributed by atoms with E-state index >= 15 is 0 Å². The Kier molecular flexibility index (Phi) is 7.38. The standard InChI is InChI=1S/C29H30N6O3S/c1-6-23(39-29-33-32-24-15-18(4)21-14-17(3)13-19(5)25(21)34(24)29)27(36)31-26-22(28(37)38-7-2)16-30-35(26)20-11-9-8-10-12-20/h8-16,23H,6-7H2,1-5H3,(H,31,36). The highest BCUT2D eigenvalue weighted by atomic mass is 32.2. The normalized spacial score (nSPS) is 12.1. The average molecular weight is 543 g/mol. The summed E-state index contributed by atoms with van der Waals surface area (Å²) in [4.78, 5) is 26.4. The molecule has 5 aromatic rings. The summed E-state index contributed by atoms with van der Waals surface area (Å²) in [6.07, 6.45) is 1.95. The summed E-state index contributed by atoms with van der Waals surface area (Å²) in [7, 11) is 0. The first-order valence-electron chi connectivity index (χ1n) is 12.9. The third-order valence-electron chi connectivity index (χ3n) is 6.52. The number of esters is 1. The maximum absolute atomic E-state index is 13.7. The van der Waals surface area contributed by atoms with Crippen LogP contribution in [0.1, 0.15) is 47.3 Å². The quantitative estimate of drug-likeness (QED) is 0.199. The number of nitrogens with zero attached hydrogens (tertiary/aromatic N) is 5. The third kappa shape index (κ3) is 4.99. The van der Waals surface area contributed by atoms with Crippen LogP contribution < -0.4 is 5.32 Å². The third-order valence-corrected chi connectivity index (χ3v) is 7.82. The first-order valence-corrected chi connectivity index (χ1v) is 13.7. The van der Waals surface area contributed by atoms with Crippen LogP contribution in [0.15, 0.2) is 59.9 Å². The van der Waals surface area contributed by atoms with E-state index in [0.29, 0.717) is 17.3 Å². The summed E-state index contributed by atoms with van der Waals surface area (Å²) in [6, 6.07) is 15.6. The first kappa shape index (κ1) is 26.4. The predicted molar refractivity (Wildman–Crippen MR) is 153 cm³/mol. The van der Waals surface area contributed by atoms with Crippen molar-refractivity contribution >= 4 is 46.0 Å². The van der Waals surface area contributed by atoms with Crippen LogP contribution in [0.2, 0.25) is 0 Å². The molecule has 1 N–H and O–H groups in total. The Hall–Kier alpha value is -4.18. The van der Waals surface area contributed by atoms with Gasteiger partial charge in [0, 0.05) is 5.39 Å². The van der Waals surface area contributed by atoms with Crippen molar-refractivity contribution in [2.75, 3.05) is 11.9 Å². The van der Waals surface area contributed by atoms with Crippen LogP contribution in [0.5, 0.6) is 0 Å². The highest BCUT2D eigenvalue weighted by Crippen LogP contribution is 2.32. The fraction of sp³-hybridized carbons (Fsp3) is 0.276. The Balaban J connectivity index is 1.51. The van der Waals surface area contributed by atoms with Crippen molar-refractivity contribution < 1.29 is 14.3 Å². The number of thioether (sulfide) groups is 1.